The summed E-state index contributed by atoms with van der Waals surface area (Å²) in [5, 5.41) is 8.31. The summed E-state index contributed by atoms with van der Waals surface area (Å²) in [6.45, 7) is 2.91. The van der Waals surface area contributed by atoms with Gasteiger partial charge in [-0.15, -0.1) is 11.8 Å². The Labute approximate surface area is 98.3 Å². The Morgan fingerprint density at radius 1 is 1.44 bits per heavy atom. The normalized spacial score (nSPS) is 10.4. The molecule has 0 spiro atoms. The third-order valence-electron chi connectivity index (χ3n) is 2.08. The van der Waals surface area contributed by atoms with Gasteiger partial charge in [-0.2, -0.15) is 5.10 Å². The second-order valence-electron chi connectivity index (χ2n) is 3.16. The molecular formula is C10H13N5S. The SMILES string of the molecule is CCn1cc(Nc2cc(SC)ncn2)cn1. The molecule has 2 heterocycles. The fourth-order valence-corrected chi connectivity index (χ4v) is 1.65. The minimum atomic E-state index is 0.787. The number of nitrogens with one attached hydrogen (secondary N) is 1. The Kier molecular flexibility index (Phi) is 3.40. The molecule has 84 valence electrons. The molecule has 2 aromatic heterocycles. The van der Waals surface area contributed by atoms with Crippen molar-refractivity contribution in [3.63, 3.8) is 0 Å². The van der Waals surface area contributed by atoms with Crippen molar-refractivity contribution in [2.75, 3.05) is 11.6 Å². The molecule has 0 aromatic carbocycles. The number of nitrogens with zero attached hydrogens (tertiary/aromatic N) is 4. The van der Waals surface area contributed by atoms with Crippen LogP contribution in [0, 0.1) is 0 Å². The Morgan fingerprint density at radius 2 is 2.31 bits per heavy atom. The highest BCUT2D eigenvalue weighted by Crippen LogP contribution is 2.17. The highest BCUT2D eigenvalue weighted by atomic mass is 32.2. The molecule has 0 unspecified atom stereocenters. The van der Waals surface area contributed by atoms with E-state index in [0.717, 1.165) is 23.1 Å². The van der Waals surface area contributed by atoms with Gasteiger partial charge in [-0.05, 0) is 13.2 Å². The van der Waals surface area contributed by atoms with E-state index in [-0.39, 0.29) is 0 Å². The Hall–Kier alpha value is -1.56. The predicted molar refractivity (Wildman–Crippen MR) is 65.0 cm³/mol. The van der Waals surface area contributed by atoms with Crippen molar-refractivity contribution in [3.8, 4) is 0 Å². The maximum absolute atomic E-state index is 4.18. The van der Waals surface area contributed by atoms with E-state index in [1.807, 2.05) is 30.1 Å². The minimum absolute atomic E-state index is 0.787. The summed E-state index contributed by atoms with van der Waals surface area (Å²) in [6.07, 6.45) is 7.27. The first-order valence-corrected chi connectivity index (χ1v) is 6.20. The Bertz CT molecular complexity index is 468. The van der Waals surface area contributed by atoms with E-state index in [2.05, 4.69) is 20.4 Å². The van der Waals surface area contributed by atoms with Gasteiger partial charge >= 0.3 is 0 Å². The van der Waals surface area contributed by atoms with Crippen molar-refractivity contribution in [3.05, 3.63) is 24.8 Å². The van der Waals surface area contributed by atoms with Gasteiger partial charge in [0.25, 0.3) is 0 Å². The van der Waals surface area contributed by atoms with Crippen LogP contribution in [0.4, 0.5) is 11.5 Å². The molecule has 0 fully saturated rings. The molecule has 2 rings (SSSR count). The van der Waals surface area contributed by atoms with Crippen LogP contribution < -0.4 is 5.32 Å². The van der Waals surface area contributed by atoms with E-state index < -0.39 is 0 Å². The number of hydrogen-bond donors (Lipinski definition) is 1. The van der Waals surface area contributed by atoms with Crippen molar-refractivity contribution in [2.24, 2.45) is 0 Å². The van der Waals surface area contributed by atoms with Crippen molar-refractivity contribution >= 4 is 23.3 Å². The van der Waals surface area contributed by atoms with E-state index >= 15 is 0 Å². The molecule has 0 amide bonds. The van der Waals surface area contributed by atoms with Crippen LogP contribution in [0.1, 0.15) is 6.92 Å². The molecule has 0 bridgehead atoms. The number of hydrogen-bond acceptors (Lipinski definition) is 5. The Morgan fingerprint density at radius 3 is 3.00 bits per heavy atom. The van der Waals surface area contributed by atoms with Gasteiger partial charge in [-0.25, -0.2) is 9.97 Å². The summed E-state index contributed by atoms with van der Waals surface area (Å²) < 4.78 is 1.86. The second kappa shape index (κ2) is 4.98. The summed E-state index contributed by atoms with van der Waals surface area (Å²) in [5.41, 5.74) is 0.938. The second-order valence-corrected chi connectivity index (χ2v) is 3.98. The van der Waals surface area contributed by atoms with Crippen LogP contribution in [0.25, 0.3) is 0 Å². The maximum Gasteiger partial charge on any atom is 0.134 e. The lowest BCUT2D eigenvalue weighted by atomic mass is 10.5. The van der Waals surface area contributed by atoms with Crippen molar-refractivity contribution in [1.82, 2.24) is 19.7 Å². The molecule has 1 N–H and O–H groups in total. The van der Waals surface area contributed by atoms with Crippen LogP contribution in [0.2, 0.25) is 0 Å². The zero-order valence-corrected chi connectivity index (χ0v) is 10.0. The summed E-state index contributed by atoms with van der Waals surface area (Å²) in [5.74, 6) is 0.787. The number of thioether (sulfide) groups is 1. The van der Waals surface area contributed by atoms with Crippen molar-refractivity contribution < 1.29 is 0 Å². The first kappa shape index (κ1) is 10.9. The molecule has 5 nitrogen and oxygen atoms in total. The zero-order valence-electron chi connectivity index (χ0n) is 9.21. The van der Waals surface area contributed by atoms with E-state index in [1.165, 1.54) is 0 Å². The average molecular weight is 235 g/mol. The van der Waals surface area contributed by atoms with Gasteiger partial charge in [0.2, 0.25) is 0 Å². The standard InChI is InChI=1S/C10H13N5S/c1-3-15-6-8(5-13-15)14-9-4-10(16-2)12-7-11-9/h4-7H,3H2,1-2H3,(H,11,12,14). The third-order valence-corrected chi connectivity index (χ3v) is 2.72. The molecule has 0 radical (unpaired) electrons. The number of aromatic nitrogens is 4. The van der Waals surface area contributed by atoms with E-state index in [9.17, 15) is 0 Å². The van der Waals surface area contributed by atoms with Gasteiger partial charge in [0.15, 0.2) is 0 Å². The first-order chi connectivity index (χ1) is 7.81. The quantitative estimate of drug-likeness (QED) is 0.650. The number of anilines is 2. The van der Waals surface area contributed by atoms with Gasteiger partial charge in [0, 0.05) is 18.8 Å². The highest BCUT2D eigenvalue weighted by molar-refractivity contribution is 7.98. The van der Waals surface area contributed by atoms with Gasteiger partial charge < -0.3 is 5.32 Å². The number of rotatable bonds is 4. The largest absolute Gasteiger partial charge is 0.338 e. The van der Waals surface area contributed by atoms with Crippen LogP contribution in [0.3, 0.4) is 0 Å². The van der Waals surface area contributed by atoms with Crippen LogP contribution in [-0.4, -0.2) is 26.0 Å². The number of aryl methyl sites for hydroxylation is 1. The summed E-state index contributed by atoms with van der Waals surface area (Å²) >= 11 is 1.59. The van der Waals surface area contributed by atoms with Crippen LogP contribution >= 0.6 is 11.8 Å². The molecular weight excluding hydrogens is 222 g/mol. The van der Waals surface area contributed by atoms with Crippen LogP contribution in [0.15, 0.2) is 29.8 Å². The summed E-state index contributed by atoms with van der Waals surface area (Å²) in [6, 6.07) is 1.91. The zero-order chi connectivity index (χ0) is 11.4. The maximum atomic E-state index is 4.18. The van der Waals surface area contributed by atoms with Crippen molar-refractivity contribution in [2.45, 2.75) is 18.5 Å². The van der Waals surface area contributed by atoms with E-state index in [0.29, 0.717) is 0 Å². The molecule has 0 aliphatic carbocycles. The predicted octanol–water partition coefficient (Wildman–Crippen LogP) is 2.16. The molecule has 0 aliphatic heterocycles. The lowest BCUT2D eigenvalue weighted by molar-refractivity contribution is 0.660. The Balaban J connectivity index is 2.13. The molecule has 2 aromatic rings. The molecule has 0 aliphatic rings. The first-order valence-electron chi connectivity index (χ1n) is 4.97. The monoisotopic (exact) mass is 235 g/mol. The lowest BCUT2D eigenvalue weighted by Crippen LogP contribution is -1.94. The topological polar surface area (TPSA) is 55.6 Å². The van der Waals surface area contributed by atoms with Gasteiger partial charge in [0.05, 0.1) is 11.9 Å². The molecule has 16 heavy (non-hydrogen) atoms. The van der Waals surface area contributed by atoms with Crippen LogP contribution in [0.5, 0.6) is 0 Å². The average Bonchev–Trinajstić information content (AvgIpc) is 2.77. The van der Waals surface area contributed by atoms with Gasteiger partial charge in [-0.1, -0.05) is 0 Å². The fourth-order valence-electron chi connectivity index (χ4n) is 1.27. The molecule has 0 saturated heterocycles. The van der Waals surface area contributed by atoms with Crippen LogP contribution in [-0.2, 0) is 6.54 Å². The van der Waals surface area contributed by atoms with Gasteiger partial charge in [0.1, 0.15) is 17.2 Å². The summed E-state index contributed by atoms with van der Waals surface area (Å²) in [7, 11) is 0. The molecule has 0 saturated carbocycles. The smallest absolute Gasteiger partial charge is 0.134 e. The van der Waals surface area contributed by atoms with Gasteiger partial charge in [-0.3, -0.25) is 4.68 Å². The van der Waals surface area contributed by atoms with E-state index in [4.69, 9.17) is 0 Å². The van der Waals surface area contributed by atoms with Crippen molar-refractivity contribution in [1.29, 1.82) is 0 Å². The third kappa shape index (κ3) is 2.52. The molecule has 6 heteroatoms. The minimum Gasteiger partial charge on any atom is -0.338 e. The highest BCUT2D eigenvalue weighted by Gasteiger charge is 2.00. The fraction of sp³-hybridized carbons (Fsp3) is 0.300. The lowest BCUT2D eigenvalue weighted by Gasteiger charge is -2.02. The van der Waals surface area contributed by atoms with E-state index in [1.54, 1.807) is 24.3 Å². The summed E-state index contributed by atoms with van der Waals surface area (Å²) in [4.78, 5) is 8.26. The molecule has 0 atom stereocenters.